The van der Waals surface area contributed by atoms with Crippen LogP contribution < -0.4 is 20.3 Å². The van der Waals surface area contributed by atoms with Gasteiger partial charge in [0.15, 0.2) is 13.2 Å². The summed E-state index contributed by atoms with van der Waals surface area (Å²) < 4.78 is 13.2. The summed E-state index contributed by atoms with van der Waals surface area (Å²) in [5.74, 6) is 0.216. The maximum Gasteiger partial charge on any atom is 0.276 e. The van der Waals surface area contributed by atoms with Gasteiger partial charge in [-0.3, -0.25) is 20.4 Å². The van der Waals surface area contributed by atoms with Crippen molar-refractivity contribution in [1.29, 1.82) is 0 Å². The first-order valence-corrected chi connectivity index (χ1v) is 13.2. The molecule has 6 nitrogen and oxygen atoms in total. The Hall–Kier alpha value is -2.58. The Bertz CT molecular complexity index is 1280. The average Bonchev–Trinajstić information content (AvgIpc) is 2.79. The van der Waals surface area contributed by atoms with E-state index in [1.165, 1.54) is 5.56 Å². The number of hydrogen-bond donors (Lipinski definition) is 2. The van der Waals surface area contributed by atoms with Gasteiger partial charge in [-0.15, -0.1) is 0 Å². The third-order valence-electron chi connectivity index (χ3n) is 5.59. The van der Waals surface area contributed by atoms with Crippen LogP contribution in [0.25, 0.3) is 10.8 Å². The number of amides is 2. The zero-order valence-corrected chi connectivity index (χ0v) is 24.6. The molecule has 0 fully saturated rings. The smallest absolute Gasteiger partial charge is 0.276 e. The van der Waals surface area contributed by atoms with Crippen LogP contribution in [0, 0.1) is 0 Å². The molecule has 0 saturated heterocycles. The SMILES string of the molecule is CC(C)(C)c1ccc(OCC(=O)NNC(=O)COc2ccc3cc(Br)ccc3c2Br)c(C(C)(C)C)c1. The summed E-state index contributed by atoms with van der Waals surface area (Å²) in [6, 6.07) is 15.6. The number of benzene rings is 3. The second kappa shape index (κ2) is 11.2. The molecule has 36 heavy (non-hydrogen) atoms. The molecule has 0 atom stereocenters. The zero-order chi connectivity index (χ0) is 26.7. The number of carbonyl (C=O) groups is 2. The number of rotatable bonds is 6. The first-order chi connectivity index (χ1) is 16.8. The van der Waals surface area contributed by atoms with Gasteiger partial charge in [-0.1, -0.05) is 81.7 Å². The Balaban J connectivity index is 1.53. The van der Waals surface area contributed by atoms with Gasteiger partial charge in [-0.2, -0.15) is 0 Å². The Morgan fingerprint density at radius 2 is 1.33 bits per heavy atom. The van der Waals surface area contributed by atoms with Crippen LogP contribution in [0.15, 0.2) is 57.5 Å². The molecule has 192 valence electrons. The van der Waals surface area contributed by atoms with E-state index in [4.69, 9.17) is 9.47 Å². The Kier molecular flexibility index (Phi) is 8.72. The van der Waals surface area contributed by atoms with Crippen molar-refractivity contribution in [3.05, 3.63) is 68.6 Å². The quantitative estimate of drug-likeness (QED) is 0.306. The molecule has 0 heterocycles. The van der Waals surface area contributed by atoms with Crippen molar-refractivity contribution in [2.45, 2.75) is 52.4 Å². The highest BCUT2D eigenvalue weighted by molar-refractivity contribution is 9.11. The normalized spacial score (nSPS) is 11.8. The lowest BCUT2D eigenvalue weighted by Gasteiger charge is -2.27. The van der Waals surface area contributed by atoms with Gasteiger partial charge in [-0.25, -0.2) is 0 Å². The van der Waals surface area contributed by atoms with Crippen LogP contribution in [-0.4, -0.2) is 25.0 Å². The lowest BCUT2D eigenvalue weighted by molar-refractivity contribution is -0.131. The second-order valence-electron chi connectivity index (χ2n) is 10.6. The summed E-state index contributed by atoms with van der Waals surface area (Å²) in [7, 11) is 0. The van der Waals surface area contributed by atoms with Crippen molar-refractivity contribution in [1.82, 2.24) is 10.9 Å². The molecule has 0 aromatic heterocycles. The van der Waals surface area contributed by atoms with Crippen LogP contribution in [-0.2, 0) is 20.4 Å². The van der Waals surface area contributed by atoms with Crippen LogP contribution in [0.1, 0.15) is 52.7 Å². The van der Waals surface area contributed by atoms with Crippen LogP contribution >= 0.6 is 31.9 Å². The molecule has 8 heteroatoms. The molecule has 0 bridgehead atoms. The van der Waals surface area contributed by atoms with Gasteiger partial charge < -0.3 is 9.47 Å². The third-order valence-corrected chi connectivity index (χ3v) is 6.90. The predicted octanol–water partition coefficient (Wildman–Crippen LogP) is 6.57. The molecule has 2 amide bonds. The summed E-state index contributed by atoms with van der Waals surface area (Å²) in [4.78, 5) is 24.5. The molecule has 2 N–H and O–H groups in total. The number of ether oxygens (including phenoxy) is 2. The summed E-state index contributed by atoms with van der Waals surface area (Å²) >= 11 is 7.00. The van der Waals surface area contributed by atoms with Crippen LogP contribution in [0.2, 0.25) is 0 Å². The van der Waals surface area contributed by atoms with E-state index < -0.39 is 11.8 Å². The van der Waals surface area contributed by atoms with E-state index in [0.717, 1.165) is 25.3 Å². The summed E-state index contributed by atoms with van der Waals surface area (Å²) in [5.41, 5.74) is 6.79. The molecule has 0 aliphatic heterocycles. The molecular formula is C28H32Br2N2O4. The van der Waals surface area contributed by atoms with Gasteiger partial charge in [-0.05, 0) is 72.9 Å². The maximum atomic E-state index is 12.3. The molecule has 3 aromatic carbocycles. The lowest BCUT2D eigenvalue weighted by atomic mass is 9.80. The van der Waals surface area contributed by atoms with E-state index in [9.17, 15) is 9.59 Å². The molecule has 0 radical (unpaired) electrons. The van der Waals surface area contributed by atoms with Crippen LogP contribution in [0.5, 0.6) is 11.5 Å². The van der Waals surface area contributed by atoms with Crippen molar-refractivity contribution >= 4 is 54.4 Å². The van der Waals surface area contributed by atoms with Crippen molar-refractivity contribution in [3.8, 4) is 11.5 Å². The summed E-state index contributed by atoms with van der Waals surface area (Å²) in [6.07, 6.45) is 0. The van der Waals surface area contributed by atoms with Gasteiger partial charge in [0, 0.05) is 4.47 Å². The Labute approximate surface area is 229 Å². The molecule has 0 aliphatic rings. The van der Waals surface area contributed by atoms with Gasteiger partial charge in [0.2, 0.25) is 0 Å². The third kappa shape index (κ3) is 7.23. The standard InChI is InChI=1S/C28H32Br2N2O4/c1-27(2,3)18-8-12-22(21(14-18)28(4,5)6)35-15-24(33)31-32-25(34)16-36-23-11-7-17-13-19(29)9-10-20(17)26(23)30/h7-14H,15-16H2,1-6H3,(H,31,33)(H,32,34). The highest BCUT2D eigenvalue weighted by Gasteiger charge is 2.23. The molecule has 0 aliphatic carbocycles. The average molecular weight is 620 g/mol. The Morgan fingerprint density at radius 1 is 0.750 bits per heavy atom. The first-order valence-electron chi connectivity index (χ1n) is 11.6. The van der Waals surface area contributed by atoms with Crippen LogP contribution in [0.3, 0.4) is 0 Å². The molecular weight excluding hydrogens is 588 g/mol. The molecule has 0 spiro atoms. The number of fused-ring (bicyclic) bond motifs is 1. The minimum absolute atomic E-state index is 0.00183. The zero-order valence-electron chi connectivity index (χ0n) is 21.4. The molecule has 3 aromatic rings. The van der Waals surface area contributed by atoms with Gasteiger partial charge in [0.05, 0.1) is 4.47 Å². The fourth-order valence-corrected chi connectivity index (χ4v) is 4.55. The fraction of sp³-hybridized carbons (Fsp3) is 0.357. The minimum atomic E-state index is -0.490. The van der Waals surface area contributed by atoms with E-state index in [-0.39, 0.29) is 24.0 Å². The van der Waals surface area contributed by atoms with E-state index in [0.29, 0.717) is 11.5 Å². The van der Waals surface area contributed by atoms with E-state index >= 15 is 0 Å². The number of carbonyl (C=O) groups excluding carboxylic acids is 2. The van der Waals surface area contributed by atoms with E-state index in [1.54, 1.807) is 6.07 Å². The maximum absolute atomic E-state index is 12.3. The van der Waals surface area contributed by atoms with Crippen molar-refractivity contribution in [3.63, 3.8) is 0 Å². The largest absolute Gasteiger partial charge is 0.483 e. The van der Waals surface area contributed by atoms with Crippen molar-refractivity contribution in [2.75, 3.05) is 13.2 Å². The topological polar surface area (TPSA) is 76.7 Å². The highest BCUT2D eigenvalue weighted by Crippen LogP contribution is 2.36. The molecule has 3 rings (SSSR count). The van der Waals surface area contributed by atoms with Gasteiger partial charge in [0.1, 0.15) is 11.5 Å². The number of hydrazine groups is 1. The number of nitrogens with one attached hydrogen (secondary N) is 2. The lowest BCUT2D eigenvalue weighted by Crippen LogP contribution is -2.45. The van der Waals surface area contributed by atoms with Crippen molar-refractivity contribution < 1.29 is 19.1 Å². The van der Waals surface area contributed by atoms with E-state index in [1.807, 2.05) is 36.4 Å². The molecule has 0 unspecified atom stereocenters. The predicted molar refractivity (Wildman–Crippen MR) is 150 cm³/mol. The minimum Gasteiger partial charge on any atom is -0.483 e. The second-order valence-corrected chi connectivity index (χ2v) is 12.3. The van der Waals surface area contributed by atoms with Gasteiger partial charge >= 0.3 is 0 Å². The van der Waals surface area contributed by atoms with Gasteiger partial charge in [0.25, 0.3) is 11.8 Å². The Morgan fingerprint density at radius 3 is 1.92 bits per heavy atom. The molecule has 0 saturated carbocycles. The fourth-order valence-electron chi connectivity index (χ4n) is 3.56. The number of hydrogen-bond acceptors (Lipinski definition) is 4. The van der Waals surface area contributed by atoms with E-state index in [2.05, 4.69) is 90.3 Å². The first kappa shape index (κ1) is 28.0. The van der Waals surface area contributed by atoms with Crippen molar-refractivity contribution in [2.24, 2.45) is 0 Å². The summed E-state index contributed by atoms with van der Waals surface area (Å²) in [5, 5.41) is 2.00. The highest BCUT2D eigenvalue weighted by atomic mass is 79.9. The summed E-state index contributed by atoms with van der Waals surface area (Å²) in [6.45, 7) is 12.3. The number of halogens is 2. The monoisotopic (exact) mass is 618 g/mol. The van der Waals surface area contributed by atoms with Crippen LogP contribution in [0.4, 0.5) is 0 Å².